The highest BCUT2D eigenvalue weighted by atomic mass is 35.5. The second-order valence-corrected chi connectivity index (χ2v) is 7.28. The molecule has 1 aliphatic heterocycles. The molecule has 28 heavy (non-hydrogen) atoms. The molecule has 1 unspecified atom stereocenters. The molecule has 142 valence electrons. The Kier molecular flexibility index (Phi) is 4.97. The predicted molar refractivity (Wildman–Crippen MR) is 111 cm³/mol. The normalized spacial score (nSPS) is 13.9. The van der Waals surface area contributed by atoms with Crippen LogP contribution in [0.25, 0.3) is 0 Å². The Labute approximate surface area is 168 Å². The van der Waals surface area contributed by atoms with Crippen molar-refractivity contribution in [2.75, 3.05) is 11.4 Å². The van der Waals surface area contributed by atoms with E-state index in [0.29, 0.717) is 17.5 Å². The van der Waals surface area contributed by atoms with E-state index >= 15 is 0 Å². The third-order valence-corrected chi connectivity index (χ3v) is 5.43. The van der Waals surface area contributed by atoms with Crippen molar-refractivity contribution < 1.29 is 14.6 Å². The highest BCUT2D eigenvalue weighted by Crippen LogP contribution is 2.38. The molecule has 5 heteroatoms. The smallest absolute Gasteiger partial charge is 0.335 e. The Morgan fingerprint density at radius 2 is 1.89 bits per heavy atom. The number of ether oxygens (including phenoxy) is 1. The van der Waals surface area contributed by atoms with Gasteiger partial charge in [-0.15, -0.1) is 0 Å². The number of rotatable bonds is 5. The van der Waals surface area contributed by atoms with Crippen LogP contribution in [0, 0.1) is 0 Å². The Hall–Kier alpha value is -2.98. The summed E-state index contributed by atoms with van der Waals surface area (Å²) in [5.41, 5.74) is 3.88. The van der Waals surface area contributed by atoms with Crippen molar-refractivity contribution in [1.82, 2.24) is 0 Å². The standard InChI is InChI=1S/C23H20ClNO3/c1-15(16-5-3-2-4-6-16)25-12-11-17-13-19(8-9-21(17)25)28-22-10-7-18(23(26)27)14-20(22)24/h2-10,13-15H,11-12H2,1H3,(H,26,27). The van der Waals surface area contributed by atoms with Gasteiger partial charge in [0.1, 0.15) is 11.5 Å². The first kappa shape index (κ1) is 18.4. The fourth-order valence-corrected chi connectivity index (χ4v) is 3.84. The van der Waals surface area contributed by atoms with Gasteiger partial charge in [0.2, 0.25) is 0 Å². The lowest BCUT2D eigenvalue weighted by Gasteiger charge is -2.27. The summed E-state index contributed by atoms with van der Waals surface area (Å²) < 4.78 is 5.91. The average Bonchev–Trinajstić information content (AvgIpc) is 3.12. The molecule has 0 saturated heterocycles. The van der Waals surface area contributed by atoms with Crippen LogP contribution in [0.3, 0.4) is 0 Å². The van der Waals surface area contributed by atoms with Crippen LogP contribution in [-0.2, 0) is 6.42 Å². The molecule has 4 rings (SSSR count). The molecule has 0 amide bonds. The van der Waals surface area contributed by atoms with Crippen molar-refractivity contribution in [2.24, 2.45) is 0 Å². The van der Waals surface area contributed by atoms with E-state index in [9.17, 15) is 4.79 Å². The molecule has 0 aliphatic carbocycles. The third-order valence-electron chi connectivity index (χ3n) is 5.14. The van der Waals surface area contributed by atoms with Gasteiger partial charge in [-0.05, 0) is 60.9 Å². The van der Waals surface area contributed by atoms with E-state index in [1.165, 1.54) is 28.9 Å². The van der Waals surface area contributed by atoms with Crippen molar-refractivity contribution in [3.05, 3.63) is 88.4 Å². The Balaban J connectivity index is 1.55. The molecule has 1 atom stereocenters. The first-order chi connectivity index (χ1) is 13.5. The number of carbonyl (C=O) groups is 1. The summed E-state index contributed by atoms with van der Waals surface area (Å²) >= 11 is 6.18. The number of anilines is 1. The highest BCUT2D eigenvalue weighted by Gasteiger charge is 2.24. The summed E-state index contributed by atoms with van der Waals surface area (Å²) in [6.45, 7) is 3.18. The maximum absolute atomic E-state index is 11.0. The number of hydrogen-bond acceptors (Lipinski definition) is 3. The summed E-state index contributed by atoms with van der Waals surface area (Å²) in [7, 11) is 0. The molecule has 1 aliphatic rings. The molecule has 0 aromatic heterocycles. The zero-order valence-electron chi connectivity index (χ0n) is 15.4. The van der Waals surface area contributed by atoms with E-state index in [1.807, 2.05) is 18.2 Å². The maximum atomic E-state index is 11.0. The first-order valence-corrected chi connectivity index (χ1v) is 9.56. The molecule has 0 saturated carbocycles. The van der Waals surface area contributed by atoms with Crippen molar-refractivity contribution in [3.8, 4) is 11.5 Å². The lowest BCUT2D eigenvalue weighted by Crippen LogP contribution is -2.24. The fourth-order valence-electron chi connectivity index (χ4n) is 3.62. The molecule has 0 fully saturated rings. The summed E-state index contributed by atoms with van der Waals surface area (Å²) in [5.74, 6) is 0.121. The summed E-state index contributed by atoms with van der Waals surface area (Å²) in [6, 6.07) is 21.3. The van der Waals surface area contributed by atoms with Crippen molar-refractivity contribution >= 4 is 23.3 Å². The number of carboxylic acids is 1. The Morgan fingerprint density at radius 3 is 2.61 bits per heavy atom. The molecule has 0 radical (unpaired) electrons. The Bertz CT molecular complexity index is 1020. The fraction of sp³-hybridized carbons (Fsp3) is 0.174. The van der Waals surface area contributed by atoms with Gasteiger partial charge in [0, 0.05) is 12.2 Å². The van der Waals surface area contributed by atoms with E-state index in [1.54, 1.807) is 6.07 Å². The number of fused-ring (bicyclic) bond motifs is 1. The van der Waals surface area contributed by atoms with Crippen LogP contribution in [0.5, 0.6) is 11.5 Å². The lowest BCUT2D eigenvalue weighted by molar-refractivity contribution is 0.0697. The zero-order valence-corrected chi connectivity index (χ0v) is 16.2. The average molecular weight is 394 g/mol. The number of benzene rings is 3. The molecule has 0 spiro atoms. The summed E-state index contributed by atoms with van der Waals surface area (Å²) in [6.07, 6.45) is 0.954. The van der Waals surface area contributed by atoms with Gasteiger partial charge in [0.15, 0.2) is 0 Å². The SMILES string of the molecule is CC(c1ccccc1)N1CCc2cc(Oc3ccc(C(=O)O)cc3Cl)ccc21. The molecule has 1 N–H and O–H groups in total. The van der Waals surface area contributed by atoms with E-state index < -0.39 is 5.97 Å². The van der Waals surface area contributed by atoms with E-state index in [-0.39, 0.29) is 10.6 Å². The largest absolute Gasteiger partial charge is 0.478 e. The minimum Gasteiger partial charge on any atom is -0.478 e. The van der Waals surface area contributed by atoms with Crippen LogP contribution in [0.2, 0.25) is 5.02 Å². The number of carboxylic acid groups (broad SMARTS) is 1. The molecule has 0 bridgehead atoms. The Morgan fingerprint density at radius 1 is 1.11 bits per heavy atom. The van der Waals surface area contributed by atoms with E-state index in [0.717, 1.165) is 13.0 Å². The summed E-state index contributed by atoms with van der Waals surface area (Å²) in [5, 5.41) is 9.32. The molecule has 3 aromatic rings. The van der Waals surface area contributed by atoms with Crippen LogP contribution < -0.4 is 9.64 Å². The van der Waals surface area contributed by atoms with Gasteiger partial charge in [0.25, 0.3) is 0 Å². The lowest BCUT2D eigenvalue weighted by atomic mass is 10.1. The van der Waals surface area contributed by atoms with Crippen LogP contribution in [0.15, 0.2) is 66.7 Å². The van der Waals surface area contributed by atoms with Gasteiger partial charge in [-0.25, -0.2) is 4.79 Å². The third kappa shape index (κ3) is 3.56. The monoisotopic (exact) mass is 393 g/mol. The van der Waals surface area contributed by atoms with Crippen molar-refractivity contribution in [1.29, 1.82) is 0 Å². The van der Waals surface area contributed by atoms with Crippen molar-refractivity contribution in [2.45, 2.75) is 19.4 Å². The minimum absolute atomic E-state index is 0.136. The molecular weight excluding hydrogens is 374 g/mol. The van der Waals surface area contributed by atoms with Gasteiger partial charge in [-0.2, -0.15) is 0 Å². The minimum atomic E-state index is -1.02. The first-order valence-electron chi connectivity index (χ1n) is 9.18. The molecule has 1 heterocycles. The number of nitrogens with zero attached hydrogens (tertiary/aromatic N) is 1. The highest BCUT2D eigenvalue weighted by molar-refractivity contribution is 6.32. The van der Waals surface area contributed by atoms with Gasteiger partial charge < -0.3 is 14.7 Å². The van der Waals surface area contributed by atoms with Crippen LogP contribution >= 0.6 is 11.6 Å². The molecule has 4 nitrogen and oxygen atoms in total. The maximum Gasteiger partial charge on any atom is 0.335 e. The van der Waals surface area contributed by atoms with Crippen molar-refractivity contribution in [3.63, 3.8) is 0 Å². The quantitative estimate of drug-likeness (QED) is 0.581. The molecular formula is C23H20ClNO3. The second-order valence-electron chi connectivity index (χ2n) is 6.87. The molecule has 3 aromatic carbocycles. The number of hydrogen-bond donors (Lipinski definition) is 1. The van der Waals surface area contributed by atoms with Gasteiger partial charge in [-0.1, -0.05) is 41.9 Å². The topological polar surface area (TPSA) is 49.8 Å². The van der Waals surface area contributed by atoms with Crippen LogP contribution in [-0.4, -0.2) is 17.6 Å². The van der Waals surface area contributed by atoms with Crippen LogP contribution in [0.1, 0.15) is 34.5 Å². The van der Waals surface area contributed by atoms with E-state index in [4.69, 9.17) is 21.4 Å². The zero-order chi connectivity index (χ0) is 19.7. The van der Waals surface area contributed by atoms with Gasteiger partial charge in [0.05, 0.1) is 16.6 Å². The van der Waals surface area contributed by atoms with Crippen LogP contribution in [0.4, 0.5) is 5.69 Å². The van der Waals surface area contributed by atoms with Gasteiger partial charge >= 0.3 is 5.97 Å². The van der Waals surface area contributed by atoms with E-state index in [2.05, 4.69) is 42.2 Å². The predicted octanol–water partition coefficient (Wildman–Crippen LogP) is 5.95. The summed E-state index contributed by atoms with van der Waals surface area (Å²) in [4.78, 5) is 13.4. The second kappa shape index (κ2) is 7.56. The number of aromatic carboxylic acids is 1. The number of halogens is 1. The van der Waals surface area contributed by atoms with Gasteiger partial charge in [-0.3, -0.25) is 0 Å².